The molecule has 138 valence electrons. The minimum Gasteiger partial charge on any atom is -0.353 e. The molecular formula is C22H38O2. The molecule has 0 bridgehead atoms. The number of hydrogen-bond donors (Lipinski definition) is 0. The summed E-state index contributed by atoms with van der Waals surface area (Å²) in [5.41, 5.74) is 0. The third-order valence-electron chi connectivity index (χ3n) is 3.76. The Morgan fingerprint density at radius 1 is 0.667 bits per heavy atom. The first-order valence-corrected chi connectivity index (χ1v) is 10.0. The van der Waals surface area contributed by atoms with E-state index in [-0.39, 0.29) is 6.29 Å². The maximum Gasteiger partial charge on any atom is 0.157 e. The lowest BCUT2D eigenvalue weighted by molar-refractivity contribution is -0.147. The van der Waals surface area contributed by atoms with Gasteiger partial charge in [0.25, 0.3) is 0 Å². The van der Waals surface area contributed by atoms with Gasteiger partial charge in [-0.1, -0.05) is 64.7 Å². The summed E-state index contributed by atoms with van der Waals surface area (Å²) in [5, 5.41) is 0. The van der Waals surface area contributed by atoms with Gasteiger partial charge in [-0.25, -0.2) is 0 Å². The Morgan fingerprint density at radius 3 is 1.88 bits per heavy atom. The van der Waals surface area contributed by atoms with Gasteiger partial charge in [0.1, 0.15) is 0 Å². The predicted molar refractivity (Wildman–Crippen MR) is 104 cm³/mol. The minimum absolute atomic E-state index is 0.00565. The van der Waals surface area contributed by atoms with Crippen LogP contribution in [0.2, 0.25) is 0 Å². The van der Waals surface area contributed by atoms with E-state index < -0.39 is 0 Å². The van der Waals surface area contributed by atoms with Crippen molar-refractivity contribution >= 4 is 0 Å². The molecule has 0 aromatic rings. The molecule has 0 amide bonds. The highest BCUT2D eigenvalue weighted by atomic mass is 16.7. The second kappa shape index (κ2) is 20.1. The van der Waals surface area contributed by atoms with Crippen LogP contribution in [0, 0.1) is 23.7 Å². The SMILES string of the molecule is CCC#CC#CCCCCCCCC(OCCCC)OCCCC. The van der Waals surface area contributed by atoms with Crippen molar-refractivity contribution in [3.05, 3.63) is 0 Å². The highest BCUT2D eigenvalue weighted by Gasteiger charge is 2.08. The van der Waals surface area contributed by atoms with Gasteiger partial charge in [0.2, 0.25) is 0 Å². The van der Waals surface area contributed by atoms with E-state index in [4.69, 9.17) is 9.47 Å². The molecular weight excluding hydrogens is 296 g/mol. The third-order valence-corrected chi connectivity index (χ3v) is 3.76. The molecule has 0 aliphatic carbocycles. The van der Waals surface area contributed by atoms with E-state index in [1.165, 1.54) is 44.9 Å². The molecule has 2 heteroatoms. The zero-order valence-electron chi connectivity index (χ0n) is 16.3. The van der Waals surface area contributed by atoms with Crippen LogP contribution in [0.1, 0.15) is 97.8 Å². The third kappa shape index (κ3) is 17.4. The first-order chi connectivity index (χ1) is 11.8. The molecule has 0 radical (unpaired) electrons. The van der Waals surface area contributed by atoms with E-state index in [9.17, 15) is 0 Å². The molecule has 0 saturated heterocycles. The summed E-state index contributed by atoms with van der Waals surface area (Å²) in [6.45, 7) is 8.08. The lowest BCUT2D eigenvalue weighted by Crippen LogP contribution is -2.18. The summed E-state index contributed by atoms with van der Waals surface area (Å²) < 4.78 is 11.7. The van der Waals surface area contributed by atoms with E-state index in [2.05, 4.69) is 37.5 Å². The van der Waals surface area contributed by atoms with Gasteiger partial charge in [-0.15, -0.1) is 0 Å². The molecule has 0 fully saturated rings. The largest absolute Gasteiger partial charge is 0.353 e. The Balaban J connectivity index is 3.63. The quantitative estimate of drug-likeness (QED) is 0.205. The van der Waals surface area contributed by atoms with E-state index in [1.807, 2.05) is 6.92 Å². The summed E-state index contributed by atoms with van der Waals surface area (Å²) >= 11 is 0. The van der Waals surface area contributed by atoms with Crippen molar-refractivity contribution in [1.29, 1.82) is 0 Å². The minimum atomic E-state index is 0.00565. The van der Waals surface area contributed by atoms with Crippen LogP contribution in [0.4, 0.5) is 0 Å². The maximum absolute atomic E-state index is 5.87. The Bertz CT molecular complexity index is 357. The summed E-state index contributed by atoms with van der Waals surface area (Å²) in [7, 11) is 0. The van der Waals surface area contributed by atoms with Gasteiger partial charge in [-0.2, -0.15) is 0 Å². The van der Waals surface area contributed by atoms with Crippen LogP contribution >= 0.6 is 0 Å². The Kier molecular flexibility index (Phi) is 19.3. The summed E-state index contributed by atoms with van der Waals surface area (Å²) in [6, 6.07) is 0. The molecule has 0 aliphatic heterocycles. The molecule has 0 aliphatic rings. The van der Waals surface area contributed by atoms with E-state index in [0.717, 1.165) is 45.3 Å². The van der Waals surface area contributed by atoms with Gasteiger partial charge in [0.15, 0.2) is 6.29 Å². The van der Waals surface area contributed by atoms with Crippen LogP contribution in [0.25, 0.3) is 0 Å². The molecule has 24 heavy (non-hydrogen) atoms. The lowest BCUT2D eigenvalue weighted by Gasteiger charge is -2.18. The normalized spacial score (nSPS) is 10.2. The number of unbranched alkanes of at least 4 members (excludes halogenated alkanes) is 7. The van der Waals surface area contributed by atoms with Crippen molar-refractivity contribution in [2.75, 3.05) is 13.2 Å². The lowest BCUT2D eigenvalue weighted by atomic mass is 10.1. The molecule has 0 N–H and O–H groups in total. The molecule has 2 nitrogen and oxygen atoms in total. The molecule has 0 unspecified atom stereocenters. The second-order valence-electron chi connectivity index (χ2n) is 6.14. The molecule has 0 spiro atoms. The van der Waals surface area contributed by atoms with Crippen LogP contribution in [0.15, 0.2) is 0 Å². The molecule has 0 aromatic carbocycles. The van der Waals surface area contributed by atoms with Gasteiger partial charge in [0.05, 0.1) is 0 Å². The van der Waals surface area contributed by atoms with Crippen molar-refractivity contribution < 1.29 is 9.47 Å². The molecule has 0 aromatic heterocycles. The van der Waals surface area contributed by atoms with E-state index in [0.29, 0.717) is 0 Å². The monoisotopic (exact) mass is 334 g/mol. The second-order valence-corrected chi connectivity index (χ2v) is 6.14. The van der Waals surface area contributed by atoms with Crippen molar-refractivity contribution in [2.24, 2.45) is 0 Å². The first-order valence-electron chi connectivity index (χ1n) is 10.0. The van der Waals surface area contributed by atoms with Crippen LogP contribution in [-0.4, -0.2) is 19.5 Å². The summed E-state index contributed by atoms with van der Waals surface area (Å²) in [5.74, 6) is 11.9. The van der Waals surface area contributed by atoms with Crippen molar-refractivity contribution in [3.8, 4) is 23.7 Å². The average molecular weight is 335 g/mol. The predicted octanol–water partition coefficient (Wildman–Crippen LogP) is 6.09. The number of ether oxygens (including phenoxy) is 2. The highest BCUT2D eigenvalue weighted by molar-refractivity contribution is 5.25. The first kappa shape index (κ1) is 23.0. The van der Waals surface area contributed by atoms with Gasteiger partial charge >= 0.3 is 0 Å². The standard InChI is InChI=1S/C22H38O2/c1-4-7-10-11-12-13-14-15-16-17-18-19-22(23-20-8-5-2)24-21-9-6-3/h22H,4-6,8-9,13-21H2,1-3H3. The maximum atomic E-state index is 5.87. The van der Waals surface area contributed by atoms with Crippen molar-refractivity contribution in [3.63, 3.8) is 0 Å². The van der Waals surface area contributed by atoms with Gasteiger partial charge < -0.3 is 9.47 Å². The number of hydrogen-bond acceptors (Lipinski definition) is 2. The fraction of sp³-hybridized carbons (Fsp3) is 0.818. The van der Waals surface area contributed by atoms with Crippen molar-refractivity contribution in [1.82, 2.24) is 0 Å². The summed E-state index contributed by atoms with van der Waals surface area (Å²) in [6.07, 6.45) is 13.7. The van der Waals surface area contributed by atoms with Crippen LogP contribution in [-0.2, 0) is 9.47 Å². The van der Waals surface area contributed by atoms with Gasteiger partial charge in [-0.3, -0.25) is 0 Å². The Morgan fingerprint density at radius 2 is 1.25 bits per heavy atom. The topological polar surface area (TPSA) is 18.5 Å². The van der Waals surface area contributed by atoms with Crippen molar-refractivity contribution in [2.45, 2.75) is 104 Å². The van der Waals surface area contributed by atoms with Crippen LogP contribution in [0.5, 0.6) is 0 Å². The Hall–Kier alpha value is -0.960. The Labute approximate surface area is 151 Å². The zero-order chi connectivity index (χ0) is 17.7. The molecule has 0 rings (SSSR count). The van der Waals surface area contributed by atoms with E-state index in [1.54, 1.807) is 0 Å². The zero-order valence-corrected chi connectivity index (χ0v) is 16.3. The van der Waals surface area contributed by atoms with Crippen LogP contribution < -0.4 is 0 Å². The highest BCUT2D eigenvalue weighted by Crippen LogP contribution is 2.12. The number of rotatable bonds is 15. The molecule has 0 saturated carbocycles. The fourth-order valence-corrected chi connectivity index (χ4v) is 2.23. The molecule has 0 atom stereocenters. The average Bonchev–Trinajstić information content (AvgIpc) is 2.59. The molecule has 0 heterocycles. The van der Waals surface area contributed by atoms with Gasteiger partial charge in [-0.05, 0) is 43.9 Å². The van der Waals surface area contributed by atoms with Crippen LogP contribution in [0.3, 0.4) is 0 Å². The summed E-state index contributed by atoms with van der Waals surface area (Å²) in [4.78, 5) is 0. The smallest absolute Gasteiger partial charge is 0.157 e. The van der Waals surface area contributed by atoms with E-state index >= 15 is 0 Å². The fourth-order valence-electron chi connectivity index (χ4n) is 2.23. The van der Waals surface area contributed by atoms with Gasteiger partial charge in [0, 0.05) is 26.1 Å².